The monoisotopic (exact) mass is 272 g/mol. The molecule has 0 saturated carbocycles. The van der Waals surface area contributed by atoms with Crippen molar-refractivity contribution in [3.63, 3.8) is 0 Å². The number of rotatable bonds is 3. The molecule has 20 heavy (non-hydrogen) atoms. The number of esters is 1. The van der Waals surface area contributed by atoms with Crippen LogP contribution in [0.3, 0.4) is 0 Å². The number of ether oxygens (including phenoxy) is 1. The molecule has 0 bridgehead atoms. The summed E-state index contributed by atoms with van der Waals surface area (Å²) >= 11 is 0. The van der Waals surface area contributed by atoms with Crippen LogP contribution in [-0.2, 0) is 11.2 Å². The van der Waals surface area contributed by atoms with Crippen molar-refractivity contribution >= 4 is 16.9 Å². The standard InChI is InChI=1S/C16H16O4/c1-5-6-13-15(19-11(4)17)10(3)9(2)12-7-8-14(18)20-16(12)13/h5,7-8H,1,6H2,2-4H3. The average Bonchev–Trinajstić information content (AvgIpc) is 2.39. The Bertz CT molecular complexity index is 753. The first kappa shape index (κ1) is 14.1. The van der Waals surface area contributed by atoms with Crippen LogP contribution in [0, 0.1) is 13.8 Å². The van der Waals surface area contributed by atoms with E-state index in [1.54, 1.807) is 12.1 Å². The molecule has 0 fully saturated rings. The maximum Gasteiger partial charge on any atom is 0.336 e. The van der Waals surface area contributed by atoms with Gasteiger partial charge in [0.2, 0.25) is 0 Å². The number of allylic oxidation sites excluding steroid dienone is 1. The minimum atomic E-state index is -0.431. The summed E-state index contributed by atoms with van der Waals surface area (Å²) in [6.45, 7) is 8.83. The van der Waals surface area contributed by atoms with Gasteiger partial charge in [0, 0.05) is 23.9 Å². The zero-order valence-corrected chi connectivity index (χ0v) is 11.8. The van der Waals surface area contributed by atoms with E-state index in [-0.39, 0.29) is 0 Å². The third kappa shape index (κ3) is 2.37. The van der Waals surface area contributed by atoms with Gasteiger partial charge in [-0.2, -0.15) is 0 Å². The molecule has 4 nitrogen and oxygen atoms in total. The number of benzene rings is 1. The number of carbonyl (C=O) groups excluding carboxylic acids is 1. The van der Waals surface area contributed by atoms with Gasteiger partial charge in [-0.1, -0.05) is 6.08 Å². The van der Waals surface area contributed by atoms with Gasteiger partial charge >= 0.3 is 11.6 Å². The second kappa shape index (κ2) is 5.33. The molecule has 0 N–H and O–H groups in total. The zero-order valence-electron chi connectivity index (χ0n) is 11.8. The minimum absolute atomic E-state index is 0.407. The summed E-state index contributed by atoms with van der Waals surface area (Å²) in [5.41, 5.74) is 2.48. The highest BCUT2D eigenvalue weighted by Gasteiger charge is 2.18. The van der Waals surface area contributed by atoms with Crippen molar-refractivity contribution in [2.24, 2.45) is 0 Å². The molecule has 0 aliphatic rings. The summed E-state index contributed by atoms with van der Waals surface area (Å²) in [5.74, 6) is 0.0483. The van der Waals surface area contributed by atoms with Gasteiger partial charge in [0.05, 0.1) is 0 Å². The van der Waals surface area contributed by atoms with E-state index in [1.165, 1.54) is 13.0 Å². The Morgan fingerprint density at radius 1 is 1.35 bits per heavy atom. The molecule has 0 aliphatic heterocycles. The van der Waals surface area contributed by atoms with Gasteiger partial charge in [-0.15, -0.1) is 6.58 Å². The normalized spacial score (nSPS) is 10.6. The number of hydrogen-bond acceptors (Lipinski definition) is 4. The van der Waals surface area contributed by atoms with E-state index in [0.717, 1.165) is 16.5 Å². The Labute approximate surface area is 116 Å². The van der Waals surface area contributed by atoms with Gasteiger partial charge in [0.25, 0.3) is 0 Å². The van der Waals surface area contributed by atoms with E-state index in [2.05, 4.69) is 6.58 Å². The summed E-state index contributed by atoms with van der Waals surface area (Å²) in [6.07, 6.45) is 2.14. The third-order valence-electron chi connectivity index (χ3n) is 3.28. The van der Waals surface area contributed by atoms with E-state index in [1.807, 2.05) is 13.8 Å². The first-order valence-electron chi connectivity index (χ1n) is 6.31. The predicted molar refractivity (Wildman–Crippen MR) is 77.2 cm³/mol. The molecule has 104 valence electrons. The van der Waals surface area contributed by atoms with Crippen molar-refractivity contribution in [1.29, 1.82) is 0 Å². The van der Waals surface area contributed by atoms with E-state index in [9.17, 15) is 9.59 Å². The maximum absolute atomic E-state index is 11.5. The summed E-state index contributed by atoms with van der Waals surface area (Å²) in [5, 5.41) is 0.842. The molecule has 0 atom stereocenters. The largest absolute Gasteiger partial charge is 0.426 e. The van der Waals surface area contributed by atoms with E-state index in [0.29, 0.717) is 23.3 Å². The van der Waals surface area contributed by atoms with Gasteiger partial charge in [-0.05, 0) is 37.5 Å². The molecule has 4 heteroatoms. The maximum atomic E-state index is 11.5. The second-order valence-corrected chi connectivity index (χ2v) is 4.64. The molecule has 0 saturated heterocycles. The Kier molecular flexibility index (Phi) is 3.74. The smallest absolute Gasteiger partial charge is 0.336 e. The van der Waals surface area contributed by atoms with Gasteiger partial charge in [0.1, 0.15) is 11.3 Å². The quantitative estimate of drug-likeness (QED) is 0.373. The van der Waals surface area contributed by atoms with Crippen molar-refractivity contribution in [1.82, 2.24) is 0 Å². The fourth-order valence-electron chi connectivity index (χ4n) is 2.25. The molecule has 2 rings (SSSR count). The molecule has 0 aliphatic carbocycles. The van der Waals surface area contributed by atoms with Crippen molar-refractivity contribution < 1.29 is 13.9 Å². The lowest BCUT2D eigenvalue weighted by Gasteiger charge is -2.15. The summed E-state index contributed by atoms with van der Waals surface area (Å²) in [7, 11) is 0. The molecule has 1 heterocycles. The highest BCUT2D eigenvalue weighted by atomic mass is 16.5. The molecular formula is C16H16O4. The Hall–Kier alpha value is -2.36. The molecule has 0 amide bonds. The van der Waals surface area contributed by atoms with Gasteiger partial charge < -0.3 is 9.15 Å². The first-order valence-corrected chi connectivity index (χ1v) is 6.31. The van der Waals surface area contributed by atoms with Crippen molar-refractivity contribution in [2.75, 3.05) is 0 Å². The Balaban J connectivity index is 2.91. The molecule has 2 aromatic rings. The fourth-order valence-corrected chi connectivity index (χ4v) is 2.25. The van der Waals surface area contributed by atoms with Gasteiger partial charge in [-0.25, -0.2) is 4.79 Å². The summed E-state index contributed by atoms with van der Waals surface area (Å²) < 4.78 is 10.6. The lowest BCUT2D eigenvalue weighted by Crippen LogP contribution is -2.08. The predicted octanol–water partition coefficient (Wildman–Crippen LogP) is 3.06. The fraction of sp³-hybridized carbons (Fsp3) is 0.250. The zero-order chi connectivity index (χ0) is 14.9. The van der Waals surface area contributed by atoms with Crippen LogP contribution in [-0.4, -0.2) is 5.97 Å². The topological polar surface area (TPSA) is 56.5 Å². The summed E-state index contributed by atoms with van der Waals surface area (Å²) in [6, 6.07) is 3.12. The van der Waals surface area contributed by atoms with Crippen LogP contribution in [0.1, 0.15) is 23.6 Å². The second-order valence-electron chi connectivity index (χ2n) is 4.64. The van der Waals surface area contributed by atoms with Crippen molar-refractivity contribution in [2.45, 2.75) is 27.2 Å². The van der Waals surface area contributed by atoms with E-state index < -0.39 is 11.6 Å². The first-order chi connectivity index (χ1) is 9.45. The van der Waals surface area contributed by atoms with Crippen LogP contribution < -0.4 is 10.4 Å². The third-order valence-corrected chi connectivity index (χ3v) is 3.28. The van der Waals surface area contributed by atoms with Crippen LogP contribution in [0.15, 0.2) is 34.0 Å². The molecule has 1 aromatic heterocycles. The number of aryl methyl sites for hydroxylation is 1. The highest BCUT2D eigenvalue weighted by molar-refractivity contribution is 5.88. The van der Waals surface area contributed by atoms with Gasteiger partial charge in [-0.3, -0.25) is 4.79 Å². The van der Waals surface area contributed by atoms with Crippen molar-refractivity contribution in [3.05, 3.63) is 51.9 Å². The Morgan fingerprint density at radius 3 is 2.65 bits per heavy atom. The van der Waals surface area contributed by atoms with Crippen LogP contribution in [0.25, 0.3) is 11.0 Å². The van der Waals surface area contributed by atoms with Crippen LogP contribution in [0.4, 0.5) is 0 Å². The van der Waals surface area contributed by atoms with Crippen LogP contribution in [0.2, 0.25) is 0 Å². The number of carbonyl (C=O) groups is 1. The molecule has 0 spiro atoms. The lowest BCUT2D eigenvalue weighted by atomic mass is 9.97. The Morgan fingerprint density at radius 2 is 2.05 bits per heavy atom. The summed E-state index contributed by atoms with van der Waals surface area (Å²) in [4.78, 5) is 22.8. The molecule has 0 unspecified atom stereocenters. The van der Waals surface area contributed by atoms with E-state index >= 15 is 0 Å². The lowest BCUT2D eigenvalue weighted by molar-refractivity contribution is -0.131. The molecule has 0 radical (unpaired) electrons. The minimum Gasteiger partial charge on any atom is -0.426 e. The number of hydrogen-bond donors (Lipinski definition) is 0. The molecule has 1 aromatic carbocycles. The number of fused-ring (bicyclic) bond motifs is 1. The molecular weight excluding hydrogens is 256 g/mol. The van der Waals surface area contributed by atoms with Gasteiger partial charge in [0.15, 0.2) is 0 Å². The SMILES string of the molecule is C=CCc1c(OC(C)=O)c(C)c(C)c2ccc(=O)oc12. The van der Waals surface area contributed by atoms with Crippen molar-refractivity contribution in [3.8, 4) is 5.75 Å². The van der Waals surface area contributed by atoms with Crippen LogP contribution >= 0.6 is 0 Å². The highest BCUT2D eigenvalue weighted by Crippen LogP contribution is 2.35. The van der Waals surface area contributed by atoms with E-state index in [4.69, 9.17) is 9.15 Å². The average molecular weight is 272 g/mol. The van der Waals surface area contributed by atoms with Crippen LogP contribution in [0.5, 0.6) is 5.75 Å².